The Morgan fingerprint density at radius 3 is 0.814 bits per heavy atom. The highest BCUT2D eigenvalue weighted by Crippen LogP contribution is 2.19. The lowest BCUT2D eigenvalue weighted by molar-refractivity contribution is -0.167. The van der Waals surface area contributed by atoms with Gasteiger partial charge in [-0.3, -0.25) is 14.4 Å². The first-order valence-electron chi connectivity index (χ1n) is 31.8. The van der Waals surface area contributed by atoms with Gasteiger partial charge in [-0.2, -0.15) is 0 Å². The maximum Gasteiger partial charge on any atom is 0.306 e. The van der Waals surface area contributed by atoms with Crippen molar-refractivity contribution < 1.29 is 28.6 Å². The Hall–Kier alpha value is -1.59. The number of carbonyl (C=O) groups is 3. The summed E-state index contributed by atoms with van der Waals surface area (Å²) in [6, 6.07) is 0. The summed E-state index contributed by atoms with van der Waals surface area (Å²) in [5.74, 6) is 0.872. The summed E-state index contributed by atoms with van der Waals surface area (Å²) in [7, 11) is 0. The van der Waals surface area contributed by atoms with Crippen LogP contribution in [-0.4, -0.2) is 37.2 Å². The molecule has 0 aromatic heterocycles. The van der Waals surface area contributed by atoms with Gasteiger partial charge in [0, 0.05) is 19.3 Å². The average molecular weight is 990 g/mol. The second-order valence-electron chi connectivity index (χ2n) is 22.8. The van der Waals surface area contributed by atoms with E-state index in [1.165, 1.54) is 250 Å². The summed E-state index contributed by atoms with van der Waals surface area (Å²) >= 11 is 0. The van der Waals surface area contributed by atoms with E-state index in [1.54, 1.807) is 0 Å². The summed E-state index contributed by atoms with van der Waals surface area (Å²) < 4.78 is 16.9. The molecule has 1 unspecified atom stereocenters. The first-order chi connectivity index (χ1) is 34.3. The third-order valence-corrected chi connectivity index (χ3v) is 15.1. The fourth-order valence-corrected chi connectivity index (χ4v) is 9.90. The molecule has 0 aliphatic heterocycles. The minimum Gasteiger partial charge on any atom is -0.462 e. The molecule has 0 N–H and O–H groups in total. The Labute approximate surface area is 438 Å². The number of rotatable bonds is 58. The van der Waals surface area contributed by atoms with Gasteiger partial charge in [0.1, 0.15) is 13.2 Å². The van der Waals surface area contributed by atoms with Gasteiger partial charge in [-0.25, -0.2) is 0 Å². The molecule has 0 aromatic carbocycles. The normalized spacial score (nSPS) is 12.4. The van der Waals surface area contributed by atoms with Gasteiger partial charge >= 0.3 is 17.9 Å². The molecule has 0 heterocycles. The first-order valence-corrected chi connectivity index (χ1v) is 31.8. The summed E-state index contributed by atoms with van der Waals surface area (Å²) in [4.78, 5) is 38.3. The van der Waals surface area contributed by atoms with E-state index in [2.05, 4.69) is 34.6 Å². The Morgan fingerprint density at radius 1 is 0.300 bits per heavy atom. The van der Waals surface area contributed by atoms with Crippen molar-refractivity contribution in [1.29, 1.82) is 0 Å². The van der Waals surface area contributed by atoms with E-state index in [0.29, 0.717) is 19.3 Å². The number of ether oxygens (including phenoxy) is 3. The molecular weight excluding hydrogens is 865 g/mol. The molecule has 0 saturated heterocycles. The van der Waals surface area contributed by atoms with Crippen molar-refractivity contribution >= 4 is 17.9 Å². The van der Waals surface area contributed by atoms with Crippen LogP contribution in [0, 0.1) is 11.8 Å². The second kappa shape index (κ2) is 56.7. The molecule has 0 saturated carbocycles. The van der Waals surface area contributed by atoms with Crippen LogP contribution < -0.4 is 0 Å². The monoisotopic (exact) mass is 989 g/mol. The predicted molar refractivity (Wildman–Crippen MR) is 303 cm³/mol. The van der Waals surface area contributed by atoms with Crippen molar-refractivity contribution in [3.05, 3.63) is 0 Å². The maximum atomic E-state index is 12.9. The summed E-state index contributed by atoms with van der Waals surface area (Å²) in [6.45, 7) is 11.5. The van der Waals surface area contributed by atoms with Gasteiger partial charge in [0.2, 0.25) is 0 Å². The largest absolute Gasteiger partial charge is 0.462 e. The van der Waals surface area contributed by atoms with Crippen LogP contribution in [0.2, 0.25) is 0 Å². The van der Waals surface area contributed by atoms with E-state index in [9.17, 15) is 14.4 Å². The van der Waals surface area contributed by atoms with E-state index in [4.69, 9.17) is 14.2 Å². The van der Waals surface area contributed by atoms with E-state index in [-0.39, 0.29) is 31.1 Å². The number of hydrogen-bond donors (Lipinski definition) is 0. The zero-order chi connectivity index (χ0) is 51.1. The zero-order valence-corrected chi connectivity index (χ0v) is 48.2. The van der Waals surface area contributed by atoms with Crippen LogP contribution in [0.25, 0.3) is 0 Å². The summed E-state index contributed by atoms with van der Waals surface area (Å²) in [5.41, 5.74) is 0. The third-order valence-electron chi connectivity index (χ3n) is 15.1. The molecule has 0 aromatic rings. The van der Waals surface area contributed by atoms with Crippen LogP contribution in [-0.2, 0) is 28.6 Å². The van der Waals surface area contributed by atoms with Crippen LogP contribution in [0.4, 0.5) is 0 Å². The fraction of sp³-hybridized carbons (Fsp3) is 0.953. The highest BCUT2D eigenvalue weighted by molar-refractivity contribution is 5.71. The molecular formula is C64H124O6. The molecule has 0 radical (unpaired) electrons. The lowest BCUT2D eigenvalue weighted by Crippen LogP contribution is -2.30. The number of carbonyl (C=O) groups excluding carboxylic acids is 3. The SMILES string of the molecule is CCCCCCCCCCCCCCCCCCCCCC(=O)O[C@H](COC(=O)CCCCCCCCCCCCCCCCCCCCC(C)C)COC(=O)CCCCCCCCCCC(C)CC. The predicted octanol–water partition coefficient (Wildman–Crippen LogP) is 21.2. The quantitative estimate of drug-likeness (QED) is 0.0343. The van der Waals surface area contributed by atoms with Crippen LogP contribution in [0.5, 0.6) is 0 Å². The Bertz CT molecular complexity index is 1070. The number of esters is 3. The smallest absolute Gasteiger partial charge is 0.306 e. The minimum absolute atomic E-state index is 0.0624. The van der Waals surface area contributed by atoms with E-state index < -0.39 is 6.10 Å². The standard InChI is InChI=1S/C64H124O6/c1-6-8-9-10-11-12-13-14-15-16-17-22-25-28-31-34-41-46-51-56-64(67)70-61(58-69-63(66)55-50-45-40-36-35-38-43-48-53-60(5)7-2)57-68-62(65)54-49-44-39-33-30-27-24-21-19-18-20-23-26-29-32-37-42-47-52-59(3)4/h59-61H,6-58H2,1-5H3/t60?,61-/m1/s1. The highest BCUT2D eigenvalue weighted by Gasteiger charge is 2.19. The van der Waals surface area contributed by atoms with Gasteiger partial charge in [0.25, 0.3) is 0 Å². The molecule has 6 heteroatoms. The molecule has 0 rings (SSSR count). The van der Waals surface area contributed by atoms with Gasteiger partial charge in [0.05, 0.1) is 0 Å². The van der Waals surface area contributed by atoms with Crippen molar-refractivity contribution in [2.75, 3.05) is 13.2 Å². The molecule has 0 bridgehead atoms. The lowest BCUT2D eigenvalue weighted by Gasteiger charge is -2.18. The minimum atomic E-state index is -0.764. The van der Waals surface area contributed by atoms with Gasteiger partial charge in [-0.05, 0) is 31.1 Å². The molecule has 0 aliphatic rings. The van der Waals surface area contributed by atoms with E-state index in [0.717, 1.165) is 69.6 Å². The molecule has 0 aliphatic carbocycles. The van der Waals surface area contributed by atoms with Crippen LogP contribution >= 0.6 is 0 Å². The van der Waals surface area contributed by atoms with Crippen molar-refractivity contribution in [2.45, 2.75) is 368 Å². The Morgan fingerprint density at radius 2 is 0.543 bits per heavy atom. The van der Waals surface area contributed by atoms with Crippen molar-refractivity contribution in [3.8, 4) is 0 Å². The third kappa shape index (κ3) is 55.7. The van der Waals surface area contributed by atoms with Gasteiger partial charge < -0.3 is 14.2 Å². The highest BCUT2D eigenvalue weighted by atomic mass is 16.6. The van der Waals surface area contributed by atoms with Crippen LogP contribution in [0.3, 0.4) is 0 Å². The number of unbranched alkanes of at least 4 members (excludes halogenated alkanes) is 42. The van der Waals surface area contributed by atoms with Crippen molar-refractivity contribution in [1.82, 2.24) is 0 Å². The number of hydrogen-bond acceptors (Lipinski definition) is 6. The van der Waals surface area contributed by atoms with Crippen LogP contribution in [0.15, 0.2) is 0 Å². The van der Waals surface area contributed by atoms with E-state index in [1.807, 2.05) is 0 Å². The second-order valence-corrected chi connectivity index (χ2v) is 22.8. The van der Waals surface area contributed by atoms with Crippen molar-refractivity contribution in [3.63, 3.8) is 0 Å². The molecule has 0 fully saturated rings. The fourth-order valence-electron chi connectivity index (χ4n) is 9.90. The molecule has 2 atom stereocenters. The Kier molecular flexibility index (Phi) is 55.4. The van der Waals surface area contributed by atoms with Crippen LogP contribution in [0.1, 0.15) is 362 Å². The first kappa shape index (κ1) is 68.4. The molecule has 6 nitrogen and oxygen atoms in total. The average Bonchev–Trinajstić information content (AvgIpc) is 3.35. The Balaban J connectivity index is 4.24. The topological polar surface area (TPSA) is 78.9 Å². The lowest BCUT2D eigenvalue weighted by atomic mass is 9.99. The molecule has 0 spiro atoms. The zero-order valence-electron chi connectivity index (χ0n) is 48.2. The molecule has 0 amide bonds. The van der Waals surface area contributed by atoms with Gasteiger partial charge in [-0.15, -0.1) is 0 Å². The van der Waals surface area contributed by atoms with Gasteiger partial charge in [0.15, 0.2) is 6.10 Å². The molecule has 70 heavy (non-hydrogen) atoms. The maximum absolute atomic E-state index is 12.9. The summed E-state index contributed by atoms with van der Waals surface area (Å²) in [5, 5.41) is 0. The van der Waals surface area contributed by atoms with Crippen molar-refractivity contribution in [2.24, 2.45) is 11.8 Å². The van der Waals surface area contributed by atoms with E-state index >= 15 is 0 Å². The molecule has 416 valence electrons. The van der Waals surface area contributed by atoms with Gasteiger partial charge in [-0.1, -0.05) is 324 Å². The summed E-state index contributed by atoms with van der Waals surface area (Å²) in [6.07, 6.45) is 62.5.